The maximum absolute atomic E-state index is 8.88. The molecule has 3 rings (SSSR count). The Hall–Kier alpha value is -1.97. The standard InChI is InChI=1S/C12H12N2O2/c1-16-7-2-4-10-9(6-7)8-3-5-11(14-15)12(8)13-10/h2,4,6,13,15H,3,5H2,1H3. The van der Waals surface area contributed by atoms with Crippen LogP contribution in [0.25, 0.3) is 10.9 Å². The van der Waals surface area contributed by atoms with Gasteiger partial charge < -0.3 is 14.9 Å². The Bertz CT molecular complexity index is 584. The van der Waals surface area contributed by atoms with Crippen LogP contribution in [-0.4, -0.2) is 23.0 Å². The molecule has 1 heterocycles. The minimum Gasteiger partial charge on any atom is -0.497 e. The van der Waals surface area contributed by atoms with E-state index in [1.807, 2.05) is 18.2 Å². The number of aromatic nitrogens is 1. The Balaban J connectivity index is 2.28. The van der Waals surface area contributed by atoms with Gasteiger partial charge in [0.1, 0.15) is 11.5 Å². The fraction of sp³-hybridized carbons (Fsp3) is 0.250. The minimum atomic E-state index is 0.741. The highest BCUT2D eigenvalue weighted by molar-refractivity contribution is 6.08. The number of oxime groups is 1. The Labute approximate surface area is 92.5 Å². The normalized spacial score (nSPS) is 16.9. The molecule has 1 aliphatic rings. The van der Waals surface area contributed by atoms with Crippen LogP contribution < -0.4 is 4.74 Å². The van der Waals surface area contributed by atoms with Crippen LogP contribution in [0.3, 0.4) is 0 Å². The number of aryl methyl sites for hydroxylation is 1. The molecule has 16 heavy (non-hydrogen) atoms. The summed E-state index contributed by atoms with van der Waals surface area (Å²) < 4.78 is 5.21. The Morgan fingerprint density at radius 1 is 1.38 bits per heavy atom. The average Bonchev–Trinajstić information content (AvgIpc) is 2.86. The summed E-state index contributed by atoms with van der Waals surface area (Å²) >= 11 is 0. The number of ether oxygens (including phenoxy) is 1. The lowest BCUT2D eigenvalue weighted by Gasteiger charge is -1.99. The SMILES string of the molecule is COc1ccc2[nH]c3c(c2c1)CCC3=NO. The van der Waals surface area contributed by atoms with E-state index in [-0.39, 0.29) is 0 Å². The van der Waals surface area contributed by atoms with E-state index in [0.29, 0.717) is 0 Å². The highest BCUT2D eigenvalue weighted by Gasteiger charge is 2.23. The monoisotopic (exact) mass is 216 g/mol. The molecule has 0 saturated heterocycles. The van der Waals surface area contributed by atoms with Crippen LogP contribution in [0.2, 0.25) is 0 Å². The molecule has 1 aromatic heterocycles. The molecule has 2 aromatic rings. The molecule has 0 spiro atoms. The van der Waals surface area contributed by atoms with Crippen LogP contribution in [0.15, 0.2) is 23.4 Å². The van der Waals surface area contributed by atoms with Gasteiger partial charge in [-0.15, -0.1) is 0 Å². The molecule has 2 N–H and O–H groups in total. The van der Waals surface area contributed by atoms with E-state index in [1.165, 1.54) is 5.56 Å². The molecule has 0 aliphatic heterocycles. The van der Waals surface area contributed by atoms with Crippen molar-refractivity contribution in [1.29, 1.82) is 0 Å². The first-order valence-electron chi connectivity index (χ1n) is 5.23. The number of hydrogen-bond acceptors (Lipinski definition) is 3. The van der Waals surface area contributed by atoms with Crippen molar-refractivity contribution in [3.63, 3.8) is 0 Å². The largest absolute Gasteiger partial charge is 0.497 e. The fourth-order valence-electron chi connectivity index (χ4n) is 2.33. The molecule has 0 atom stereocenters. The predicted molar refractivity (Wildman–Crippen MR) is 61.5 cm³/mol. The van der Waals surface area contributed by atoms with Crippen molar-refractivity contribution < 1.29 is 9.94 Å². The third kappa shape index (κ3) is 1.13. The number of hydrogen-bond donors (Lipinski definition) is 2. The quantitative estimate of drug-likeness (QED) is 0.567. The van der Waals surface area contributed by atoms with Gasteiger partial charge in [-0.2, -0.15) is 0 Å². The summed E-state index contributed by atoms with van der Waals surface area (Å²) in [4.78, 5) is 3.28. The van der Waals surface area contributed by atoms with E-state index in [4.69, 9.17) is 9.94 Å². The number of nitrogens with zero attached hydrogens (tertiary/aromatic N) is 1. The van der Waals surface area contributed by atoms with Gasteiger partial charge in [0.25, 0.3) is 0 Å². The second kappa shape index (κ2) is 3.27. The van der Waals surface area contributed by atoms with Crippen molar-refractivity contribution >= 4 is 16.6 Å². The van der Waals surface area contributed by atoms with Crippen LogP contribution in [0.4, 0.5) is 0 Å². The summed E-state index contributed by atoms with van der Waals surface area (Å²) in [5.74, 6) is 0.851. The van der Waals surface area contributed by atoms with Crippen LogP contribution in [0, 0.1) is 0 Å². The number of methoxy groups -OCH3 is 1. The summed E-state index contributed by atoms with van der Waals surface area (Å²) in [6.07, 6.45) is 1.71. The summed E-state index contributed by atoms with van der Waals surface area (Å²) in [6.45, 7) is 0. The van der Waals surface area contributed by atoms with Crippen LogP contribution in [0.1, 0.15) is 17.7 Å². The Morgan fingerprint density at radius 3 is 3.00 bits per heavy atom. The van der Waals surface area contributed by atoms with Gasteiger partial charge in [0.15, 0.2) is 0 Å². The lowest BCUT2D eigenvalue weighted by molar-refractivity contribution is 0.318. The summed E-state index contributed by atoms with van der Waals surface area (Å²) in [5, 5.41) is 13.4. The lowest BCUT2D eigenvalue weighted by Crippen LogP contribution is -1.94. The van der Waals surface area contributed by atoms with Crippen molar-refractivity contribution in [2.24, 2.45) is 5.16 Å². The van der Waals surface area contributed by atoms with Gasteiger partial charge in [-0.1, -0.05) is 5.16 Å². The van der Waals surface area contributed by atoms with E-state index in [9.17, 15) is 0 Å². The summed E-state index contributed by atoms with van der Waals surface area (Å²) in [6, 6.07) is 5.93. The molecule has 0 fully saturated rings. The first-order chi connectivity index (χ1) is 7.83. The molecule has 0 radical (unpaired) electrons. The van der Waals surface area contributed by atoms with E-state index < -0.39 is 0 Å². The zero-order valence-electron chi connectivity index (χ0n) is 8.95. The zero-order chi connectivity index (χ0) is 11.1. The first kappa shape index (κ1) is 9.27. The van der Waals surface area contributed by atoms with Gasteiger partial charge in [-0.05, 0) is 36.6 Å². The molecule has 4 nitrogen and oxygen atoms in total. The zero-order valence-corrected chi connectivity index (χ0v) is 8.95. The van der Waals surface area contributed by atoms with Gasteiger partial charge in [0, 0.05) is 10.9 Å². The smallest absolute Gasteiger partial charge is 0.119 e. The highest BCUT2D eigenvalue weighted by atomic mass is 16.5. The number of nitrogens with one attached hydrogen (secondary N) is 1. The van der Waals surface area contributed by atoms with E-state index in [2.05, 4.69) is 10.1 Å². The molecule has 0 amide bonds. The Morgan fingerprint density at radius 2 is 2.25 bits per heavy atom. The summed E-state index contributed by atoms with van der Waals surface area (Å²) in [7, 11) is 1.66. The van der Waals surface area contributed by atoms with E-state index >= 15 is 0 Å². The number of rotatable bonds is 1. The number of H-pyrrole nitrogens is 1. The summed E-state index contributed by atoms with van der Waals surface area (Å²) in [5.41, 5.74) is 3.99. The third-order valence-electron chi connectivity index (χ3n) is 3.13. The molecule has 1 aromatic carbocycles. The van der Waals surface area contributed by atoms with Gasteiger partial charge >= 0.3 is 0 Å². The molecule has 1 aliphatic carbocycles. The number of benzene rings is 1. The maximum Gasteiger partial charge on any atom is 0.119 e. The fourth-order valence-corrected chi connectivity index (χ4v) is 2.33. The minimum absolute atomic E-state index is 0.741. The van der Waals surface area contributed by atoms with Gasteiger partial charge in [-0.25, -0.2) is 0 Å². The van der Waals surface area contributed by atoms with Gasteiger partial charge in [-0.3, -0.25) is 0 Å². The van der Waals surface area contributed by atoms with Crippen molar-refractivity contribution in [3.8, 4) is 5.75 Å². The average molecular weight is 216 g/mol. The van der Waals surface area contributed by atoms with E-state index in [1.54, 1.807) is 7.11 Å². The second-order valence-corrected chi connectivity index (χ2v) is 3.94. The van der Waals surface area contributed by atoms with Crippen LogP contribution in [0.5, 0.6) is 5.75 Å². The van der Waals surface area contributed by atoms with Crippen molar-refractivity contribution in [2.75, 3.05) is 7.11 Å². The lowest BCUT2D eigenvalue weighted by atomic mass is 10.1. The topological polar surface area (TPSA) is 57.6 Å². The first-order valence-corrected chi connectivity index (χ1v) is 5.23. The van der Waals surface area contributed by atoms with E-state index in [0.717, 1.165) is 40.9 Å². The molecule has 0 bridgehead atoms. The number of fused-ring (bicyclic) bond motifs is 3. The van der Waals surface area contributed by atoms with Crippen LogP contribution >= 0.6 is 0 Å². The Kier molecular flexibility index (Phi) is 1.89. The van der Waals surface area contributed by atoms with Crippen LogP contribution in [-0.2, 0) is 6.42 Å². The maximum atomic E-state index is 8.88. The number of aromatic amines is 1. The molecule has 0 saturated carbocycles. The highest BCUT2D eigenvalue weighted by Crippen LogP contribution is 2.32. The van der Waals surface area contributed by atoms with Crippen molar-refractivity contribution in [1.82, 2.24) is 4.98 Å². The molecule has 0 unspecified atom stereocenters. The third-order valence-corrected chi connectivity index (χ3v) is 3.13. The van der Waals surface area contributed by atoms with Gasteiger partial charge in [0.05, 0.1) is 12.8 Å². The van der Waals surface area contributed by atoms with Crippen molar-refractivity contribution in [3.05, 3.63) is 29.5 Å². The molecular weight excluding hydrogens is 204 g/mol. The predicted octanol–water partition coefficient (Wildman–Crippen LogP) is 2.30. The second-order valence-electron chi connectivity index (χ2n) is 3.94. The van der Waals surface area contributed by atoms with Crippen molar-refractivity contribution in [2.45, 2.75) is 12.8 Å². The van der Waals surface area contributed by atoms with Gasteiger partial charge in [0.2, 0.25) is 0 Å². The molecular formula is C12H12N2O2. The molecule has 82 valence electrons. The molecule has 4 heteroatoms.